The Labute approximate surface area is 197 Å². The topological polar surface area (TPSA) is 86.8 Å². The number of nitrogens with zero attached hydrogens (tertiary/aromatic N) is 2. The van der Waals surface area contributed by atoms with Gasteiger partial charge >= 0.3 is 0 Å². The summed E-state index contributed by atoms with van der Waals surface area (Å²) in [7, 11) is -3.72. The predicted molar refractivity (Wildman–Crippen MR) is 132 cm³/mol. The molecule has 0 aliphatic heterocycles. The Balaban J connectivity index is 2.37. The quantitative estimate of drug-likeness (QED) is 0.478. The molecule has 0 aromatic heterocycles. The number of hydrogen-bond donors (Lipinski definition) is 1. The Morgan fingerprint density at radius 2 is 1.73 bits per heavy atom. The summed E-state index contributed by atoms with van der Waals surface area (Å²) >= 11 is 0. The highest BCUT2D eigenvalue weighted by molar-refractivity contribution is 7.92. The zero-order chi connectivity index (χ0) is 24.4. The van der Waals surface area contributed by atoms with E-state index in [2.05, 4.69) is 5.32 Å². The van der Waals surface area contributed by atoms with Crippen LogP contribution in [0.3, 0.4) is 0 Å². The summed E-state index contributed by atoms with van der Waals surface area (Å²) < 4.78 is 26.3. The van der Waals surface area contributed by atoms with E-state index in [1.54, 1.807) is 18.2 Å². The normalized spacial score (nSPS) is 12.1. The lowest BCUT2D eigenvalue weighted by Gasteiger charge is -2.33. The van der Waals surface area contributed by atoms with Gasteiger partial charge in [-0.3, -0.25) is 13.9 Å². The monoisotopic (exact) mass is 473 g/mol. The van der Waals surface area contributed by atoms with Gasteiger partial charge in [0.1, 0.15) is 12.6 Å². The summed E-state index contributed by atoms with van der Waals surface area (Å²) in [5, 5.41) is 2.91. The lowest BCUT2D eigenvalue weighted by atomic mass is 10.1. The van der Waals surface area contributed by atoms with Crippen molar-refractivity contribution < 1.29 is 18.0 Å². The third kappa shape index (κ3) is 7.89. The largest absolute Gasteiger partial charge is 0.354 e. The summed E-state index contributed by atoms with van der Waals surface area (Å²) in [6.45, 7) is 6.13. The van der Waals surface area contributed by atoms with Crippen molar-refractivity contribution in [1.29, 1.82) is 0 Å². The Kier molecular flexibility index (Phi) is 9.91. The minimum atomic E-state index is -3.72. The summed E-state index contributed by atoms with van der Waals surface area (Å²) in [4.78, 5) is 28.0. The van der Waals surface area contributed by atoms with Crippen LogP contribution in [-0.4, -0.2) is 50.5 Å². The molecule has 180 valence electrons. The van der Waals surface area contributed by atoms with Crippen molar-refractivity contribution in [2.75, 3.05) is 23.7 Å². The number of nitrogens with one attached hydrogen (secondary N) is 1. The highest BCUT2D eigenvalue weighted by Crippen LogP contribution is 2.20. The smallest absolute Gasteiger partial charge is 0.244 e. The van der Waals surface area contributed by atoms with Gasteiger partial charge in [-0.15, -0.1) is 0 Å². The molecule has 0 aliphatic rings. The highest BCUT2D eigenvalue weighted by atomic mass is 32.2. The molecule has 0 saturated carbocycles. The molecule has 2 aromatic carbocycles. The Bertz CT molecular complexity index is 1020. The van der Waals surface area contributed by atoms with E-state index in [9.17, 15) is 18.0 Å². The van der Waals surface area contributed by atoms with Crippen molar-refractivity contribution in [3.8, 4) is 0 Å². The predicted octanol–water partition coefficient (Wildman–Crippen LogP) is 3.48. The van der Waals surface area contributed by atoms with E-state index in [4.69, 9.17) is 0 Å². The highest BCUT2D eigenvalue weighted by Gasteiger charge is 2.31. The zero-order valence-electron chi connectivity index (χ0n) is 20.0. The molecule has 0 heterocycles. The van der Waals surface area contributed by atoms with Crippen LogP contribution >= 0.6 is 0 Å². The fourth-order valence-corrected chi connectivity index (χ4v) is 4.44. The average molecular weight is 474 g/mol. The van der Waals surface area contributed by atoms with Crippen LogP contribution in [0, 0.1) is 6.92 Å². The molecule has 2 amide bonds. The second-order valence-electron chi connectivity index (χ2n) is 8.18. The van der Waals surface area contributed by atoms with Crippen molar-refractivity contribution in [2.45, 2.75) is 52.6 Å². The first kappa shape index (κ1) is 26.4. The molecular weight excluding hydrogens is 438 g/mol. The first-order chi connectivity index (χ1) is 15.7. The first-order valence-electron chi connectivity index (χ1n) is 11.3. The second kappa shape index (κ2) is 12.4. The standard InChI is InChI=1S/C25H35N3O4S/c1-5-7-16-26-25(30)23(6-2)27(18-21-13-9-8-10-14-21)24(29)19-28(33(4,31)32)22-15-11-12-20(3)17-22/h8-15,17,23H,5-7,16,18-19H2,1-4H3,(H,26,30). The lowest BCUT2D eigenvalue weighted by molar-refractivity contribution is -0.140. The van der Waals surface area contributed by atoms with Crippen molar-refractivity contribution >= 4 is 27.5 Å². The number of anilines is 1. The third-order valence-electron chi connectivity index (χ3n) is 5.38. The van der Waals surface area contributed by atoms with Crippen molar-refractivity contribution in [1.82, 2.24) is 10.2 Å². The van der Waals surface area contributed by atoms with Crippen molar-refractivity contribution in [2.24, 2.45) is 0 Å². The first-order valence-corrected chi connectivity index (χ1v) is 13.2. The van der Waals surface area contributed by atoms with Gasteiger partial charge in [-0.05, 0) is 43.0 Å². The minimum Gasteiger partial charge on any atom is -0.354 e. The molecule has 0 bridgehead atoms. The summed E-state index contributed by atoms with van der Waals surface area (Å²) in [5.74, 6) is -0.653. The number of amides is 2. The number of hydrogen-bond acceptors (Lipinski definition) is 4. The van der Waals surface area contributed by atoms with E-state index >= 15 is 0 Å². The molecule has 1 unspecified atom stereocenters. The van der Waals surface area contributed by atoms with Gasteiger partial charge in [0.05, 0.1) is 11.9 Å². The molecule has 0 fully saturated rings. The Morgan fingerprint density at radius 1 is 1.03 bits per heavy atom. The van der Waals surface area contributed by atoms with E-state index < -0.39 is 22.0 Å². The molecule has 0 saturated heterocycles. The van der Waals surface area contributed by atoms with Gasteiger partial charge in [0.25, 0.3) is 0 Å². The maximum atomic E-state index is 13.5. The molecular formula is C25H35N3O4S. The molecule has 33 heavy (non-hydrogen) atoms. The van der Waals surface area contributed by atoms with Gasteiger partial charge in [-0.25, -0.2) is 8.42 Å². The number of sulfonamides is 1. The van der Waals surface area contributed by atoms with Gasteiger partial charge < -0.3 is 10.2 Å². The molecule has 7 nitrogen and oxygen atoms in total. The molecule has 0 radical (unpaired) electrons. The summed E-state index contributed by atoms with van der Waals surface area (Å²) in [6, 6.07) is 15.7. The van der Waals surface area contributed by atoms with E-state index in [0.717, 1.165) is 34.5 Å². The fraction of sp³-hybridized carbons (Fsp3) is 0.440. The third-order valence-corrected chi connectivity index (χ3v) is 6.52. The average Bonchev–Trinajstić information content (AvgIpc) is 2.77. The van der Waals surface area contributed by atoms with Gasteiger partial charge in [0, 0.05) is 13.1 Å². The van der Waals surface area contributed by atoms with E-state index in [0.29, 0.717) is 18.7 Å². The van der Waals surface area contributed by atoms with Gasteiger partial charge in [0.15, 0.2) is 0 Å². The lowest BCUT2D eigenvalue weighted by Crippen LogP contribution is -2.52. The molecule has 2 aromatic rings. The number of rotatable bonds is 12. The molecule has 1 atom stereocenters. The molecule has 2 rings (SSSR count). The molecule has 0 spiro atoms. The van der Waals surface area contributed by atoms with Crippen LogP contribution in [0.1, 0.15) is 44.2 Å². The molecule has 8 heteroatoms. The number of carbonyl (C=O) groups excluding carboxylic acids is 2. The van der Waals surface area contributed by atoms with E-state index in [1.165, 1.54) is 4.90 Å². The van der Waals surface area contributed by atoms with Crippen LogP contribution in [0.5, 0.6) is 0 Å². The SMILES string of the molecule is CCCCNC(=O)C(CC)N(Cc1ccccc1)C(=O)CN(c1cccc(C)c1)S(C)(=O)=O. The fourth-order valence-electron chi connectivity index (χ4n) is 3.60. The summed E-state index contributed by atoms with van der Waals surface area (Å²) in [5.41, 5.74) is 2.18. The second-order valence-corrected chi connectivity index (χ2v) is 10.1. The van der Waals surface area contributed by atoms with E-state index in [1.807, 2.05) is 57.2 Å². The Hall–Kier alpha value is -2.87. The maximum absolute atomic E-state index is 13.5. The number of aryl methyl sites for hydroxylation is 1. The van der Waals surface area contributed by atoms with Crippen LogP contribution < -0.4 is 9.62 Å². The van der Waals surface area contributed by atoms with Crippen LogP contribution in [0.15, 0.2) is 54.6 Å². The van der Waals surface area contributed by atoms with Gasteiger partial charge in [-0.1, -0.05) is 62.7 Å². The van der Waals surface area contributed by atoms with Crippen LogP contribution in [0.25, 0.3) is 0 Å². The molecule has 0 aliphatic carbocycles. The van der Waals surface area contributed by atoms with Gasteiger partial charge in [-0.2, -0.15) is 0 Å². The number of unbranched alkanes of at least 4 members (excludes halogenated alkanes) is 1. The summed E-state index contributed by atoms with van der Waals surface area (Å²) in [6.07, 6.45) is 3.30. The van der Waals surface area contributed by atoms with Crippen LogP contribution in [0.2, 0.25) is 0 Å². The Morgan fingerprint density at radius 3 is 2.30 bits per heavy atom. The van der Waals surface area contributed by atoms with Crippen LogP contribution in [-0.2, 0) is 26.2 Å². The van der Waals surface area contributed by atoms with Crippen molar-refractivity contribution in [3.05, 3.63) is 65.7 Å². The number of benzene rings is 2. The van der Waals surface area contributed by atoms with E-state index in [-0.39, 0.29) is 19.0 Å². The van der Waals surface area contributed by atoms with Crippen LogP contribution in [0.4, 0.5) is 5.69 Å². The minimum absolute atomic E-state index is 0.213. The number of carbonyl (C=O) groups is 2. The zero-order valence-corrected chi connectivity index (χ0v) is 20.8. The van der Waals surface area contributed by atoms with Gasteiger partial charge in [0.2, 0.25) is 21.8 Å². The maximum Gasteiger partial charge on any atom is 0.244 e. The van der Waals surface area contributed by atoms with Crippen molar-refractivity contribution in [3.63, 3.8) is 0 Å². The molecule has 1 N–H and O–H groups in total.